The SMILES string of the molecule is CCOC(=O)c1cn(CCCCC[B-](F)(F)F)nn1. The summed E-state index contributed by atoms with van der Waals surface area (Å²) in [5.41, 5.74) is 0.112. The molecule has 0 aliphatic rings. The molecule has 0 radical (unpaired) electrons. The first-order chi connectivity index (χ1) is 8.92. The minimum Gasteiger partial charge on any atom is -0.461 e. The van der Waals surface area contributed by atoms with E-state index in [1.54, 1.807) is 6.92 Å². The summed E-state index contributed by atoms with van der Waals surface area (Å²) in [6.07, 6.45) is 1.90. The molecule has 0 fully saturated rings. The third-order valence-corrected chi connectivity index (χ3v) is 2.44. The van der Waals surface area contributed by atoms with Gasteiger partial charge in [0.15, 0.2) is 5.69 Å². The summed E-state index contributed by atoms with van der Waals surface area (Å²) in [6, 6.07) is 0. The lowest BCUT2D eigenvalue weighted by molar-refractivity contribution is 0.0519. The Morgan fingerprint density at radius 2 is 2.11 bits per heavy atom. The number of rotatable bonds is 8. The molecule has 1 rings (SSSR count). The van der Waals surface area contributed by atoms with E-state index in [1.807, 2.05) is 0 Å². The lowest BCUT2D eigenvalue weighted by atomic mass is 9.83. The molecule has 0 saturated heterocycles. The van der Waals surface area contributed by atoms with Crippen LogP contribution < -0.4 is 0 Å². The predicted octanol–water partition coefficient (Wildman–Crippen LogP) is 2.47. The molecule has 1 heterocycles. The maximum atomic E-state index is 12.0. The molecule has 0 N–H and O–H groups in total. The van der Waals surface area contributed by atoms with Gasteiger partial charge in [0, 0.05) is 6.54 Å². The highest BCUT2D eigenvalue weighted by molar-refractivity contribution is 6.58. The van der Waals surface area contributed by atoms with Gasteiger partial charge in [-0.1, -0.05) is 24.4 Å². The molecular weight excluding hydrogens is 262 g/mol. The van der Waals surface area contributed by atoms with Crippen LogP contribution in [0.5, 0.6) is 0 Å². The van der Waals surface area contributed by atoms with Gasteiger partial charge in [-0.3, -0.25) is 4.68 Å². The van der Waals surface area contributed by atoms with Crippen molar-refractivity contribution in [2.45, 2.75) is 39.1 Å². The Balaban J connectivity index is 2.25. The molecule has 0 aliphatic carbocycles. The van der Waals surface area contributed by atoms with Crippen molar-refractivity contribution < 1.29 is 22.5 Å². The summed E-state index contributed by atoms with van der Waals surface area (Å²) in [5, 5.41) is 7.35. The first-order valence-electron chi connectivity index (χ1n) is 6.20. The second-order valence-corrected chi connectivity index (χ2v) is 4.15. The molecule has 9 heteroatoms. The summed E-state index contributed by atoms with van der Waals surface area (Å²) >= 11 is 0. The molecule has 0 unspecified atom stereocenters. The van der Waals surface area contributed by atoms with Crippen LogP contribution in [-0.4, -0.2) is 34.5 Å². The van der Waals surface area contributed by atoms with E-state index in [0.717, 1.165) is 0 Å². The van der Waals surface area contributed by atoms with E-state index >= 15 is 0 Å². The minimum absolute atomic E-state index is 0.112. The molecule has 108 valence electrons. The van der Waals surface area contributed by atoms with Crippen LogP contribution in [0.2, 0.25) is 6.32 Å². The third kappa shape index (κ3) is 6.26. The lowest BCUT2D eigenvalue weighted by Crippen LogP contribution is -2.13. The van der Waals surface area contributed by atoms with Crippen LogP contribution in [0.15, 0.2) is 6.20 Å². The molecule has 1 aromatic heterocycles. The van der Waals surface area contributed by atoms with Crippen LogP contribution in [0.25, 0.3) is 0 Å². The number of aryl methyl sites for hydroxylation is 1. The van der Waals surface area contributed by atoms with Gasteiger partial charge in [0.1, 0.15) is 0 Å². The van der Waals surface area contributed by atoms with Crippen LogP contribution in [0.3, 0.4) is 0 Å². The van der Waals surface area contributed by atoms with E-state index in [9.17, 15) is 17.7 Å². The van der Waals surface area contributed by atoms with Gasteiger partial charge in [-0.15, -0.1) is 5.10 Å². The molecule has 0 atom stereocenters. The molecule has 5 nitrogen and oxygen atoms in total. The number of hydrogen-bond acceptors (Lipinski definition) is 4. The van der Waals surface area contributed by atoms with Crippen molar-refractivity contribution in [2.24, 2.45) is 0 Å². The number of halogens is 3. The summed E-state index contributed by atoms with van der Waals surface area (Å²) in [7, 11) is 0. The van der Waals surface area contributed by atoms with Crippen molar-refractivity contribution in [3.63, 3.8) is 0 Å². The van der Waals surface area contributed by atoms with Gasteiger partial charge in [-0.05, 0) is 13.3 Å². The van der Waals surface area contributed by atoms with Crippen LogP contribution in [0.4, 0.5) is 12.9 Å². The van der Waals surface area contributed by atoms with E-state index in [-0.39, 0.29) is 18.7 Å². The van der Waals surface area contributed by atoms with E-state index in [4.69, 9.17) is 4.74 Å². The van der Waals surface area contributed by atoms with Crippen LogP contribution >= 0.6 is 0 Å². The quantitative estimate of drug-likeness (QED) is 0.416. The Kier molecular flexibility index (Phi) is 5.84. The van der Waals surface area contributed by atoms with Gasteiger partial charge in [0.2, 0.25) is 0 Å². The van der Waals surface area contributed by atoms with Gasteiger partial charge in [0.25, 0.3) is 0 Å². The van der Waals surface area contributed by atoms with E-state index in [2.05, 4.69) is 10.3 Å². The molecule has 0 aliphatic heterocycles. The zero-order valence-electron chi connectivity index (χ0n) is 10.7. The summed E-state index contributed by atoms with van der Waals surface area (Å²) < 4.78 is 42.0. The second kappa shape index (κ2) is 7.15. The van der Waals surface area contributed by atoms with Crippen molar-refractivity contribution in [1.82, 2.24) is 15.0 Å². The maximum absolute atomic E-state index is 12.0. The Hall–Kier alpha value is -1.54. The van der Waals surface area contributed by atoms with Crippen LogP contribution in [-0.2, 0) is 11.3 Å². The fourth-order valence-electron chi connectivity index (χ4n) is 1.53. The second-order valence-electron chi connectivity index (χ2n) is 4.15. The Morgan fingerprint density at radius 3 is 2.74 bits per heavy atom. The monoisotopic (exact) mass is 278 g/mol. The Labute approximate surface area is 109 Å². The van der Waals surface area contributed by atoms with Crippen molar-refractivity contribution in [2.75, 3.05) is 6.61 Å². The standard InChI is InChI=1S/C10H16BF3N3O2/c1-2-19-10(18)9-8-17(16-15-9)7-5-3-4-6-11(12,13)14/h8H,2-7H2,1H3/q-1. The highest BCUT2D eigenvalue weighted by atomic mass is 19.4. The number of carbonyl (C=O) groups excluding carboxylic acids is 1. The van der Waals surface area contributed by atoms with E-state index in [1.165, 1.54) is 10.9 Å². The van der Waals surface area contributed by atoms with Gasteiger partial charge >= 0.3 is 12.9 Å². The van der Waals surface area contributed by atoms with Gasteiger partial charge in [0.05, 0.1) is 12.8 Å². The normalized spacial score (nSPS) is 11.6. The summed E-state index contributed by atoms with van der Waals surface area (Å²) in [4.78, 5) is 11.3. The highest BCUT2D eigenvalue weighted by Crippen LogP contribution is 2.18. The Morgan fingerprint density at radius 1 is 1.37 bits per heavy atom. The third-order valence-electron chi connectivity index (χ3n) is 2.44. The Bertz CT molecular complexity index is 409. The molecule has 0 amide bonds. The minimum atomic E-state index is -4.68. The molecular formula is C10H16BF3N3O2-. The van der Waals surface area contributed by atoms with Crippen molar-refractivity contribution in [3.05, 3.63) is 11.9 Å². The number of esters is 1. The maximum Gasteiger partial charge on any atom is 0.478 e. The largest absolute Gasteiger partial charge is 0.478 e. The van der Waals surface area contributed by atoms with Crippen molar-refractivity contribution in [3.8, 4) is 0 Å². The first kappa shape index (κ1) is 15.5. The van der Waals surface area contributed by atoms with Gasteiger partial charge < -0.3 is 17.7 Å². The average molecular weight is 278 g/mol. The summed E-state index contributed by atoms with van der Waals surface area (Å²) in [5.74, 6) is -0.548. The zero-order valence-corrected chi connectivity index (χ0v) is 10.7. The molecule has 0 saturated carbocycles. The predicted molar refractivity (Wildman–Crippen MR) is 63.7 cm³/mol. The van der Waals surface area contributed by atoms with E-state index in [0.29, 0.717) is 19.4 Å². The number of hydrogen-bond donors (Lipinski definition) is 0. The molecule has 19 heavy (non-hydrogen) atoms. The topological polar surface area (TPSA) is 57.0 Å². The number of unbranched alkanes of at least 4 members (excludes halogenated alkanes) is 2. The average Bonchev–Trinajstić information content (AvgIpc) is 2.76. The fraction of sp³-hybridized carbons (Fsp3) is 0.700. The summed E-state index contributed by atoms with van der Waals surface area (Å²) in [6.45, 7) is -2.30. The fourth-order valence-corrected chi connectivity index (χ4v) is 1.53. The van der Waals surface area contributed by atoms with Crippen LogP contribution in [0.1, 0.15) is 36.7 Å². The smallest absolute Gasteiger partial charge is 0.461 e. The van der Waals surface area contributed by atoms with Gasteiger partial charge in [-0.2, -0.15) is 0 Å². The van der Waals surface area contributed by atoms with Gasteiger partial charge in [-0.25, -0.2) is 4.79 Å². The molecule has 0 aromatic carbocycles. The number of carbonyl (C=O) groups is 1. The number of ether oxygens (including phenoxy) is 1. The molecule has 0 spiro atoms. The van der Waals surface area contributed by atoms with Crippen molar-refractivity contribution in [1.29, 1.82) is 0 Å². The molecule has 0 bridgehead atoms. The number of aromatic nitrogens is 3. The first-order valence-corrected chi connectivity index (χ1v) is 6.20. The zero-order chi connectivity index (χ0) is 14.3. The lowest BCUT2D eigenvalue weighted by Gasteiger charge is -2.12. The van der Waals surface area contributed by atoms with Crippen molar-refractivity contribution >= 4 is 12.9 Å². The highest BCUT2D eigenvalue weighted by Gasteiger charge is 2.21. The number of nitrogens with zero attached hydrogens (tertiary/aromatic N) is 3. The van der Waals surface area contributed by atoms with Crippen LogP contribution in [0, 0.1) is 0 Å². The molecule has 1 aromatic rings. The van der Waals surface area contributed by atoms with E-state index < -0.39 is 19.3 Å².